The van der Waals surface area contributed by atoms with Crippen molar-refractivity contribution in [2.45, 2.75) is 130 Å². The number of nitriles is 1. The molecule has 2 aliphatic rings. The molecule has 0 bridgehead atoms. The normalized spacial score (nSPS) is 16.3. The van der Waals surface area contributed by atoms with Crippen molar-refractivity contribution in [1.29, 1.82) is 5.26 Å². The van der Waals surface area contributed by atoms with E-state index in [1.807, 2.05) is 49.4 Å². The summed E-state index contributed by atoms with van der Waals surface area (Å²) in [5, 5.41) is 14.9. The number of ketones is 1. The first kappa shape index (κ1) is 52.5. The monoisotopic (exact) mass is 883 g/mol. The van der Waals surface area contributed by atoms with Crippen LogP contribution in [-0.2, 0) is 34.7 Å². The van der Waals surface area contributed by atoms with Crippen LogP contribution in [0.4, 0.5) is 0 Å². The maximum absolute atomic E-state index is 12.1. The topological polar surface area (TPSA) is 138 Å². The fourth-order valence-electron chi connectivity index (χ4n) is 8.01. The molecule has 6 rings (SSSR count). The van der Waals surface area contributed by atoms with Crippen LogP contribution < -0.4 is 24.1 Å². The number of sulfonamides is 1. The number of carbonyl (C=O) groups excluding carboxylic acids is 1. The van der Waals surface area contributed by atoms with E-state index in [4.69, 9.17) is 24.1 Å². The zero-order valence-electron chi connectivity index (χ0n) is 40.0. The number of aryl methyl sites for hydroxylation is 2. The number of para-hydroxylation sites is 1. The molecule has 0 spiro atoms. The predicted molar refractivity (Wildman–Crippen MR) is 256 cm³/mol. The van der Waals surface area contributed by atoms with E-state index < -0.39 is 15.4 Å². The van der Waals surface area contributed by atoms with Gasteiger partial charge in [-0.25, -0.2) is 13.6 Å². The third kappa shape index (κ3) is 15.1. The van der Waals surface area contributed by atoms with Crippen molar-refractivity contribution in [2.75, 3.05) is 21.3 Å². The molecule has 0 radical (unpaired) electrons. The van der Waals surface area contributed by atoms with E-state index in [0.29, 0.717) is 52.8 Å². The second-order valence-electron chi connectivity index (χ2n) is 18.1. The fourth-order valence-corrected chi connectivity index (χ4v) is 8.59. The maximum Gasteiger partial charge on any atom is 0.238 e. The van der Waals surface area contributed by atoms with Crippen LogP contribution in [-0.4, -0.2) is 41.6 Å². The van der Waals surface area contributed by atoms with Gasteiger partial charge in [-0.05, 0) is 128 Å². The molecule has 0 fully saturated rings. The van der Waals surface area contributed by atoms with Crippen molar-refractivity contribution in [3.63, 3.8) is 0 Å². The first-order chi connectivity index (χ1) is 29.8. The Labute approximate surface area is 379 Å². The maximum atomic E-state index is 12.1. The Kier molecular flexibility index (Phi) is 20.7. The highest BCUT2D eigenvalue weighted by molar-refractivity contribution is 7.89. The van der Waals surface area contributed by atoms with Gasteiger partial charge in [0.15, 0.2) is 17.3 Å². The molecule has 1 heterocycles. The van der Waals surface area contributed by atoms with Gasteiger partial charge in [-0.2, -0.15) is 5.26 Å². The second-order valence-corrected chi connectivity index (χ2v) is 19.7. The summed E-state index contributed by atoms with van der Waals surface area (Å²) < 4.78 is 44.2. The van der Waals surface area contributed by atoms with E-state index in [1.54, 1.807) is 33.5 Å². The van der Waals surface area contributed by atoms with Gasteiger partial charge in [0.1, 0.15) is 11.9 Å². The summed E-state index contributed by atoms with van der Waals surface area (Å²) in [4.78, 5) is 12.2. The lowest BCUT2D eigenvalue weighted by Crippen LogP contribution is -2.27. The third-order valence-corrected chi connectivity index (χ3v) is 12.8. The summed E-state index contributed by atoms with van der Waals surface area (Å²) in [7, 11) is 1.20. The Morgan fingerprint density at radius 2 is 1.38 bits per heavy atom. The summed E-state index contributed by atoms with van der Waals surface area (Å²) in [5.41, 5.74) is 4.95. The molecule has 3 unspecified atom stereocenters. The molecule has 0 aromatic heterocycles. The Morgan fingerprint density at radius 3 is 1.90 bits per heavy atom. The number of nitrogens with two attached hydrogens (primary N) is 1. The van der Waals surface area contributed by atoms with E-state index >= 15 is 0 Å². The molecular weight excluding hydrogens is 809 g/mol. The van der Waals surface area contributed by atoms with Crippen molar-refractivity contribution >= 4 is 15.8 Å². The highest BCUT2D eigenvalue weighted by atomic mass is 32.2. The molecule has 3 atom stereocenters. The minimum absolute atomic E-state index is 0.190. The van der Waals surface area contributed by atoms with Crippen molar-refractivity contribution in [3.8, 4) is 29.1 Å². The van der Waals surface area contributed by atoms with Crippen molar-refractivity contribution in [1.82, 2.24) is 0 Å². The molecule has 4 aromatic rings. The smallest absolute Gasteiger partial charge is 0.238 e. The average molecular weight is 883 g/mol. The minimum atomic E-state index is -3.56. The Bertz CT molecular complexity index is 2180. The molecule has 0 amide bonds. The van der Waals surface area contributed by atoms with E-state index in [2.05, 4.69) is 85.7 Å². The molecule has 1 aliphatic carbocycles. The van der Waals surface area contributed by atoms with Gasteiger partial charge in [0.05, 0.1) is 37.7 Å². The highest BCUT2D eigenvalue weighted by Gasteiger charge is 2.33. The molecule has 10 heteroatoms. The lowest BCUT2D eigenvalue weighted by Gasteiger charge is -2.28. The molecule has 0 saturated carbocycles. The summed E-state index contributed by atoms with van der Waals surface area (Å²) in [6.45, 7) is 19.3. The van der Waals surface area contributed by atoms with Crippen LogP contribution in [0.3, 0.4) is 0 Å². The van der Waals surface area contributed by atoms with Crippen molar-refractivity contribution in [2.24, 2.45) is 34.7 Å². The molecule has 344 valence electrons. The van der Waals surface area contributed by atoms with Crippen molar-refractivity contribution in [3.05, 3.63) is 113 Å². The fraction of sp³-hybridized carbons (Fsp3) is 0.509. The second kappa shape index (κ2) is 24.9. The zero-order valence-corrected chi connectivity index (χ0v) is 40.8. The van der Waals surface area contributed by atoms with Crippen LogP contribution in [0.2, 0.25) is 0 Å². The molecular formula is C53H74N2O7S. The molecule has 63 heavy (non-hydrogen) atoms. The number of nitrogens with zero attached hydrogens (tertiary/aromatic N) is 1. The lowest BCUT2D eigenvalue weighted by atomic mass is 9.74. The quantitative estimate of drug-likeness (QED) is 0.140. The van der Waals surface area contributed by atoms with Gasteiger partial charge >= 0.3 is 0 Å². The number of Topliss-reactive ketones (excluding diaryl/α,β-unsaturated/α-hetero) is 1. The van der Waals surface area contributed by atoms with E-state index in [9.17, 15) is 18.5 Å². The molecule has 1 aliphatic heterocycles. The first-order valence-corrected chi connectivity index (χ1v) is 24.1. The van der Waals surface area contributed by atoms with Crippen LogP contribution in [0.5, 0.6) is 23.0 Å². The number of hydrogen-bond donors (Lipinski definition) is 1. The van der Waals surface area contributed by atoms with Crippen LogP contribution in [0.1, 0.15) is 127 Å². The molecule has 9 nitrogen and oxygen atoms in total. The van der Waals surface area contributed by atoms with Crippen LogP contribution in [0, 0.1) is 40.9 Å². The summed E-state index contributed by atoms with van der Waals surface area (Å²) >= 11 is 0. The summed E-state index contributed by atoms with van der Waals surface area (Å²) in [5.74, 6) is 5.57. The third-order valence-electron chi connectivity index (χ3n) is 11.9. The number of fused-ring (bicyclic) bond motifs is 2. The Hall–Kier alpha value is -4.85. The van der Waals surface area contributed by atoms with Gasteiger partial charge in [0.2, 0.25) is 15.8 Å². The van der Waals surface area contributed by atoms with Crippen LogP contribution in [0.25, 0.3) is 0 Å². The van der Waals surface area contributed by atoms with Crippen LogP contribution in [0.15, 0.2) is 89.8 Å². The van der Waals surface area contributed by atoms with E-state index in [1.165, 1.54) is 23.6 Å². The number of benzene rings is 4. The van der Waals surface area contributed by atoms with E-state index in [-0.39, 0.29) is 10.8 Å². The number of carbonyl (C=O) groups is 1. The number of primary sulfonamides is 1. The van der Waals surface area contributed by atoms with Gasteiger partial charge < -0.3 is 18.9 Å². The number of methoxy groups -OCH3 is 3. The average Bonchev–Trinajstić information content (AvgIpc) is 3.26. The number of hydrogen-bond acceptors (Lipinski definition) is 8. The minimum Gasteiger partial charge on any atom is -0.493 e. The molecule has 2 N–H and O–H groups in total. The number of rotatable bonds is 13. The summed E-state index contributed by atoms with van der Waals surface area (Å²) in [6.07, 6.45) is 8.24. The molecule has 4 aromatic carbocycles. The summed E-state index contributed by atoms with van der Waals surface area (Å²) in [6, 6.07) is 29.5. The van der Waals surface area contributed by atoms with Gasteiger partial charge in [0, 0.05) is 11.5 Å². The van der Waals surface area contributed by atoms with Gasteiger partial charge in [-0.15, -0.1) is 0 Å². The largest absolute Gasteiger partial charge is 0.493 e. The van der Waals surface area contributed by atoms with Crippen LogP contribution >= 0.6 is 0 Å². The van der Waals surface area contributed by atoms with Gasteiger partial charge in [-0.1, -0.05) is 117 Å². The number of ether oxygens (including phenoxy) is 4. The Balaban J connectivity index is 0.000000229. The molecule has 0 saturated heterocycles. The van der Waals surface area contributed by atoms with E-state index in [0.717, 1.165) is 67.4 Å². The van der Waals surface area contributed by atoms with Gasteiger partial charge in [-0.3, -0.25) is 4.79 Å². The highest BCUT2D eigenvalue weighted by Crippen LogP contribution is 2.44. The SMILES string of the molecule is CC(C)C1CCc2ccccc2C1=O.CC(C)C1CCc2ccccc2O1.CC(C)Cc1cccc(S(N)(=O)=O)c1.CCC(C#N)(CCC(C)C)c1cc(OC)c(OC)c(OC)c1. The first-order valence-electron chi connectivity index (χ1n) is 22.5. The van der Waals surface area contributed by atoms with Gasteiger partial charge in [0.25, 0.3) is 0 Å². The Morgan fingerprint density at radius 1 is 0.778 bits per heavy atom. The van der Waals surface area contributed by atoms with Crippen molar-refractivity contribution < 1.29 is 32.2 Å². The lowest BCUT2D eigenvalue weighted by molar-refractivity contribution is 0.0864. The zero-order chi connectivity index (χ0) is 46.9. The predicted octanol–water partition coefficient (Wildman–Crippen LogP) is 12.0. The standard InChI is InChI=1S/C18H27NO3.C13H16O.C12H16O.C10H15NO2S/c1-7-18(12-19,9-8-13(2)3)14-10-15(20-4)17(22-6)16(11-14)21-5;1-9(2)11-8-7-10-5-3-4-6-12(10)13(11)14;1-9(2)11-8-7-10-5-3-4-6-12(10)13-11;1-8(2)6-9-4-3-5-10(7-9)14(11,12)13/h10-11,13H,7-9H2,1-6H3;3-6,9,11H,7-8H2,1-2H3;3-6,9,11H,7-8H2,1-2H3;3-5,7-8H,6H2,1-2H3,(H2,11,12,13).